The molecule has 0 fully saturated rings. The van der Waals surface area contributed by atoms with Crippen molar-refractivity contribution in [1.29, 1.82) is 0 Å². The number of aryl methyl sites for hydroxylation is 1. The zero-order chi connectivity index (χ0) is 14.8. The van der Waals surface area contributed by atoms with Crippen LogP contribution in [0.4, 0.5) is 11.4 Å². The number of anilines is 2. The second-order valence-electron chi connectivity index (χ2n) is 4.18. The highest BCUT2D eigenvalue weighted by atomic mass is 79.9. The van der Waals surface area contributed by atoms with Crippen LogP contribution in [-0.4, -0.2) is 13.4 Å². The fourth-order valence-electron chi connectivity index (χ4n) is 1.72. The molecule has 0 saturated carbocycles. The molecule has 20 heavy (non-hydrogen) atoms. The van der Waals surface area contributed by atoms with Crippen LogP contribution in [0, 0.1) is 0 Å². The number of rotatable bonds is 4. The molecule has 0 radical (unpaired) electrons. The SMILES string of the molecule is CCc1ccc(S(=O)(=O)Nc2ccncc2Br)cc1N. The van der Waals surface area contributed by atoms with E-state index in [1.807, 2.05) is 6.92 Å². The van der Waals surface area contributed by atoms with Crippen LogP contribution in [0.2, 0.25) is 0 Å². The summed E-state index contributed by atoms with van der Waals surface area (Å²) in [7, 11) is -3.67. The molecule has 0 atom stereocenters. The molecule has 0 aliphatic heterocycles. The maximum Gasteiger partial charge on any atom is 0.262 e. The third-order valence-electron chi connectivity index (χ3n) is 2.83. The summed E-state index contributed by atoms with van der Waals surface area (Å²) in [4.78, 5) is 4.02. The first-order valence-electron chi connectivity index (χ1n) is 5.95. The Morgan fingerprint density at radius 3 is 2.70 bits per heavy atom. The van der Waals surface area contributed by atoms with E-state index in [2.05, 4.69) is 25.6 Å². The highest BCUT2D eigenvalue weighted by Gasteiger charge is 2.16. The molecule has 0 saturated heterocycles. The summed E-state index contributed by atoms with van der Waals surface area (Å²) in [5.74, 6) is 0. The van der Waals surface area contributed by atoms with Crippen molar-refractivity contribution in [3.05, 3.63) is 46.7 Å². The smallest absolute Gasteiger partial charge is 0.262 e. The lowest BCUT2D eigenvalue weighted by atomic mass is 10.1. The maximum absolute atomic E-state index is 12.3. The van der Waals surface area contributed by atoms with E-state index in [0.717, 1.165) is 12.0 Å². The number of nitrogen functional groups attached to an aromatic ring is 1. The number of pyridine rings is 1. The molecule has 0 aliphatic carbocycles. The number of nitrogens with two attached hydrogens (primary N) is 1. The van der Waals surface area contributed by atoms with E-state index >= 15 is 0 Å². The van der Waals surface area contributed by atoms with Gasteiger partial charge in [0.1, 0.15) is 0 Å². The number of aromatic nitrogens is 1. The minimum absolute atomic E-state index is 0.135. The number of hydrogen-bond acceptors (Lipinski definition) is 4. The quantitative estimate of drug-likeness (QED) is 0.825. The van der Waals surface area contributed by atoms with E-state index in [9.17, 15) is 8.42 Å². The van der Waals surface area contributed by atoms with Gasteiger partial charge >= 0.3 is 0 Å². The van der Waals surface area contributed by atoms with Gasteiger partial charge in [0.15, 0.2) is 0 Å². The van der Waals surface area contributed by atoms with Crippen LogP contribution >= 0.6 is 15.9 Å². The van der Waals surface area contributed by atoms with E-state index in [0.29, 0.717) is 15.8 Å². The first kappa shape index (κ1) is 14.8. The van der Waals surface area contributed by atoms with E-state index in [1.54, 1.807) is 18.2 Å². The van der Waals surface area contributed by atoms with E-state index in [1.165, 1.54) is 18.5 Å². The van der Waals surface area contributed by atoms with Crippen LogP contribution in [0.25, 0.3) is 0 Å². The monoisotopic (exact) mass is 355 g/mol. The Labute approximate surface area is 126 Å². The minimum Gasteiger partial charge on any atom is -0.398 e. The van der Waals surface area contributed by atoms with Gasteiger partial charge in [0.05, 0.1) is 15.1 Å². The zero-order valence-electron chi connectivity index (χ0n) is 10.8. The van der Waals surface area contributed by atoms with Crippen LogP contribution in [0.15, 0.2) is 46.0 Å². The number of hydrogen-bond donors (Lipinski definition) is 2. The molecule has 5 nitrogen and oxygen atoms in total. The number of nitrogens with zero attached hydrogens (tertiary/aromatic N) is 1. The summed E-state index contributed by atoms with van der Waals surface area (Å²) >= 11 is 3.24. The predicted octanol–water partition coefficient (Wildman–Crippen LogP) is 2.79. The molecular weight excluding hydrogens is 342 g/mol. The topological polar surface area (TPSA) is 85.1 Å². The van der Waals surface area contributed by atoms with Crippen molar-refractivity contribution in [1.82, 2.24) is 4.98 Å². The van der Waals surface area contributed by atoms with Crippen molar-refractivity contribution in [2.45, 2.75) is 18.2 Å². The van der Waals surface area contributed by atoms with Gasteiger partial charge in [0.25, 0.3) is 10.0 Å². The number of halogens is 1. The van der Waals surface area contributed by atoms with Crippen molar-refractivity contribution in [3.63, 3.8) is 0 Å². The first-order chi connectivity index (χ1) is 9.44. The Balaban J connectivity index is 2.36. The normalized spacial score (nSPS) is 11.3. The molecular formula is C13H14BrN3O2S. The lowest BCUT2D eigenvalue weighted by Gasteiger charge is -2.11. The Hall–Kier alpha value is -1.60. The third kappa shape index (κ3) is 3.10. The second kappa shape index (κ2) is 5.80. The fourth-order valence-corrected chi connectivity index (χ4v) is 3.32. The average Bonchev–Trinajstić information content (AvgIpc) is 2.41. The van der Waals surface area contributed by atoms with Crippen LogP contribution < -0.4 is 10.5 Å². The van der Waals surface area contributed by atoms with Gasteiger partial charge in [-0.3, -0.25) is 9.71 Å². The van der Waals surface area contributed by atoms with Crippen molar-refractivity contribution in [2.24, 2.45) is 0 Å². The van der Waals surface area contributed by atoms with Gasteiger partial charge in [0.2, 0.25) is 0 Å². The summed E-state index contributed by atoms with van der Waals surface area (Å²) in [5, 5.41) is 0. The number of sulfonamides is 1. The zero-order valence-corrected chi connectivity index (χ0v) is 13.2. The fraction of sp³-hybridized carbons (Fsp3) is 0.154. The van der Waals surface area contributed by atoms with Gasteiger partial charge < -0.3 is 5.73 Å². The molecule has 3 N–H and O–H groups in total. The van der Waals surface area contributed by atoms with Gasteiger partial charge in [-0.1, -0.05) is 13.0 Å². The molecule has 0 spiro atoms. The Morgan fingerprint density at radius 2 is 2.10 bits per heavy atom. The molecule has 106 valence electrons. The van der Waals surface area contributed by atoms with Gasteiger partial charge in [-0.2, -0.15) is 0 Å². The number of nitrogens with one attached hydrogen (secondary N) is 1. The minimum atomic E-state index is -3.67. The van der Waals surface area contributed by atoms with Crippen molar-refractivity contribution < 1.29 is 8.42 Å². The molecule has 1 aromatic heterocycles. The molecule has 0 amide bonds. The molecule has 2 rings (SSSR count). The highest BCUT2D eigenvalue weighted by Crippen LogP contribution is 2.25. The summed E-state index contributed by atoms with van der Waals surface area (Å²) in [6.45, 7) is 1.96. The van der Waals surface area contributed by atoms with Crippen LogP contribution in [-0.2, 0) is 16.4 Å². The molecule has 7 heteroatoms. The van der Waals surface area contributed by atoms with E-state index in [-0.39, 0.29) is 4.90 Å². The van der Waals surface area contributed by atoms with Gasteiger partial charge in [-0.05, 0) is 46.1 Å². The second-order valence-corrected chi connectivity index (χ2v) is 6.71. The van der Waals surface area contributed by atoms with Crippen molar-refractivity contribution in [2.75, 3.05) is 10.5 Å². The molecule has 1 aromatic carbocycles. The Bertz CT molecular complexity index is 732. The molecule has 2 aromatic rings. The average molecular weight is 356 g/mol. The van der Waals surface area contributed by atoms with Crippen LogP contribution in [0.1, 0.15) is 12.5 Å². The Morgan fingerprint density at radius 1 is 1.35 bits per heavy atom. The lowest BCUT2D eigenvalue weighted by molar-refractivity contribution is 0.601. The lowest BCUT2D eigenvalue weighted by Crippen LogP contribution is -2.14. The third-order valence-corrected chi connectivity index (χ3v) is 4.82. The van der Waals surface area contributed by atoms with Gasteiger partial charge in [-0.15, -0.1) is 0 Å². The van der Waals surface area contributed by atoms with Gasteiger partial charge in [0, 0.05) is 18.1 Å². The molecule has 1 heterocycles. The highest BCUT2D eigenvalue weighted by molar-refractivity contribution is 9.10. The van der Waals surface area contributed by atoms with E-state index < -0.39 is 10.0 Å². The summed E-state index contributed by atoms with van der Waals surface area (Å²) in [6, 6.07) is 6.32. The van der Waals surface area contributed by atoms with Gasteiger partial charge in [-0.25, -0.2) is 8.42 Å². The number of benzene rings is 1. The molecule has 0 bridgehead atoms. The van der Waals surface area contributed by atoms with E-state index in [4.69, 9.17) is 5.73 Å². The standard InChI is InChI=1S/C13H14BrN3O2S/c1-2-9-3-4-10(7-12(9)15)20(18,19)17-13-5-6-16-8-11(13)14/h3-8H,2,15H2,1H3,(H,16,17). The van der Waals surface area contributed by atoms with Crippen LogP contribution in [0.5, 0.6) is 0 Å². The van der Waals surface area contributed by atoms with Crippen molar-refractivity contribution in [3.8, 4) is 0 Å². The summed E-state index contributed by atoms with van der Waals surface area (Å²) in [5.41, 5.74) is 7.67. The van der Waals surface area contributed by atoms with Crippen LogP contribution in [0.3, 0.4) is 0 Å². The summed E-state index contributed by atoms with van der Waals surface area (Å²) in [6.07, 6.45) is 3.79. The first-order valence-corrected chi connectivity index (χ1v) is 8.22. The predicted molar refractivity (Wildman–Crippen MR) is 83.0 cm³/mol. The van der Waals surface area contributed by atoms with Crippen molar-refractivity contribution >= 4 is 37.3 Å². The summed E-state index contributed by atoms with van der Waals surface area (Å²) < 4.78 is 27.7. The molecule has 0 unspecified atom stereocenters. The maximum atomic E-state index is 12.3. The molecule has 0 aliphatic rings. The largest absolute Gasteiger partial charge is 0.398 e. The Kier molecular flexibility index (Phi) is 4.29.